The largest absolute Gasteiger partial charge is 0.508 e. The first-order valence-corrected chi connectivity index (χ1v) is 3.61. The Bertz CT molecular complexity index is 295. The molecule has 0 aliphatic rings. The lowest BCUT2D eigenvalue weighted by atomic mass is 10.1. The van der Waals surface area contributed by atoms with Crippen molar-refractivity contribution in [2.45, 2.75) is 6.42 Å². The molecule has 1 aromatic carbocycles. The summed E-state index contributed by atoms with van der Waals surface area (Å²) >= 11 is 0. The molecular weight excluding hydrogens is 154 g/mol. The van der Waals surface area contributed by atoms with Crippen LogP contribution in [-0.2, 0) is 6.42 Å². The van der Waals surface area contributed by atoms with E-state index in [1.807, 2.05) is 0 Å². The Balaban J connectivity index is 2.89. The number of phenols is 2. The van der Waals surface area contributed by atoms with E-state index in [2.05, 4.69) is 0 Å². The van der Waals surface area contributed by atoms with Crippen molar-refractivity contribution in [2.24, 2.45) is 5.73 Å². The third-order valence-electron chi connectivity index (χ3n) is 1.54. The maximum absolute atomic E-state index is 9.28. The van der Waals surface area contributed by atoms with Crippen LogP contribution < -0.4 is 5.73 Å². The van der Waals surface area contributed by atoms with E-state index in [1.165, 1.54) is 24.4 Å². The van der Waals surface area contributed by atoms with Gasteiger partial charge < -0.3 is 15.9 Å². The second kappa shape index (κ2) is 3.67. The first kappa shape index (κ1) is 8.46. The first-order valence-electron chi connectivity index (χ1n) is 3.61. The van der Waals surface area contributed by atoms with Gasteiger partial charge in [0.2, 0.25) is 0 Å². The van der Waals surface area contributed by atoms with Crippen molar-refractivity contribution < 1.29 is 10.2 Å². The lowest BCUT2D eigenvalue weighted by Gasteiger charge is -2.00. The number of hydrogen-bond acceptors (Lipinski definition) is 3. The highest BCUT2D eigenvalue weighted by atomic mass is 16.3. The monoisotopic (exact) mass is 165 g/mol. The Morgan fingerprint density at radius 3 is 2.75 bits per heavy atom. The number of rotatable bonds is 2. The third kappa shape index (κ3) is 1.92. The summed E-state index contributed by atoms with van der Waals surface area (Å²) in [5.74, 6) is 0.319. The number of hydrogen-bond donors (Lipinski definition) is 3. The van der Waals surface area contributed by atoms with Crippen LogP contribution in [0.2, 0.25) is 0 Å². The van der Waals surface area contributed by atoms with E-state index in [9.17, 15) is 5.11 Å². The normalized spacial score (nSPS) is 10.7. The zero-order valence-electron chi connectivity index (χ0n) is 6.57. The lowest BCUT2D eigenvalue weighted by Crippen LogP contribution is -1.84. The quantitative estimate of drug-likeness (QED) is 0.575. The van der Waals surface area contributed by atoms with Crippen molar-refractivity contribution in [1.29, 1.82) is 0 Å². The Labute approximate surface area is 70.8 Å². The molecule has 1 aromatic rings. The zero-order chi connectivity index (χ0) is 8.97. The molecule has 1 rings (SSSR count). The molecule has 0 bridgehead atoms. The molecule has 64 valence electrons. The summed E-state index contributed by atoms with van der Waals surface area (Å²) in [5, 5.41) is 18.3. The molecule has 0 radical (unpaired) electrons. The number of benzene rings is 1. The molecule has 0 saturated carbocycles. The highest BCUT2D eigenvalue weighted by molar-refractivity contribution is 5.39. The van der Waals surface area contributed by atoms with E-state index in [0.29, 0.717) is 12.0 Å². The number of nitrogens with two attached hydrogens (primary N) is 1. The average Bonchev–Trinajstić information content (AvgIpc) is 2.07. The number of phenolic OH excluding ortho intramolecular Hbond substituents is 2. The van der Waals surface area contributed by atoms with Crippen LogP contribution in [0.4, 0.5) is 0 Å². The average molecular weight is 165 g/mol. The van der Waals surface area contributed by atoms with Crippen molar-refractivity contribution in [2.75, 3.05) is 0 Å². The molecule has 0 saturated heterocycles. The van der Waals surface area contributed by atoms with E-state index in [4.69, 9.17) is 10.8 Å². The number of allylic oxidation sites excluding steroid dienone is 1. The second-order valence-corrected chi connectivity index (χ2v) is 2.45. The third-order valence-corrected chi connectivity index (χ3v) is 1.54. The highest BCUT2D eigenvalue weighted by Gasteiger charge is 1.99. The smallest absolute Gasteiger partial charge is 0.119 e. The Morgan fingerprint density at radius 2 is 2.08 bits per heavy atom. The van der Waals surface area contributed by atoms with Gasteiger partial charge in [0.25, 0.3) is 0 Å². The summed E-state index contributed by atoms with van der Waals surface area (Å²) in [6.07, 6.45) is 3.63. The predicted octanol–water partition coefficient (Wildman–Crippen LogP) is 1.11. The molecule has 0 atom stereocenters. The van der Waals surface area contributed by atoms with E-state index >= 15 is 0 Å². The van der Waals surface area contributed by atoms with Crippen LogP contribution in [0.5, 0.6) is 11.5 Å². The molecule has 0 spiro atoms. The summed E-state index contributed by atoms with van der Waals surface area (Å²) in [6, 6.07) is 4.40. The molecule has 0 heterocycles. The Kier molecular flexibility index (Phi) is 2.58. The summed E-state index contributed by atoms with van der Waals surface area (Å²) in [4.78, 5) is 0. The van der Waals surface area contributed by atoms with Crippen molar-refractivity contribution in [3.05, 3.63) is 36.0 Å². The second-order valence-electron chi connectivity index (χ2n) is 2.45. The molecule has 12 heavy (non-hydrogen) atoms. The SMILES string of the molecule is NC=CCc1cc(O)ccc1O. The topological polar surface area (TPSA) is 66.5 Å². The maximum atomic E-state index is 9.28. The molecule has 0 aliphatic carbocycles. The Hall–Kier alpha value is -1.64. The summed E-state index contributed by atoms with van der Waals surface area (Å²) < 4.78 is 0. The van der Waals surface area contributed by atoms with Crippen LogP contribution in [0.1, 0.15) is 5.56 Å². The molecule has 0 aromatic heterocycles. The van der Waals surface area contributed by atoms with Gasteiger partial charge in [-0.3, -0.25) is 0 Å². The molecule has 4 N–H and O–H groups in total. The van der Waals surface area contributed by atoms with E-state index in [0.717, 1.165) is 0 Å². The van der Waals surface area contributed by atoms with E-state index in [1.54, 1.807) is 6.08 Å². The van der Waals surface area contributed by atoms with Crippen LogP contribution in [-0.4, -0.2) is 10.2 Å². The molecule has 0 aliphatic heterocycles. The Morgan fingerprint density at radius 1 is 1.33 bits per heavy atom. The molecule has 0 unspecified atom stereocenters. The summed E-state index contributed by atoms with van der Waals surface area (Å²) in [6.45, 7) is 0. The van der Waals surface area contributed by atoms with Crippen molar-refractivity contribution >= 4 is 0 Å². The molecule has 3 heteroatoms. The van der Waals surface area contributed by atoms with Gasteiger partial charge in [0.15, 0.2) is 0 Å². The molecule has 0 fully saturated rings. The highest BCUT2D eigenvalue weighted by Crippen LogP contribution is 2.22. The standard InChI is InChI=1S/C9H11NO2/c10-5-1-2-7-6-8(11)3-4-9(7)12/h1,3-6,11-12H,2,10H2. The van der Waals surface area contributed by atoms with Crippen molar-refractivity contribution in [3.63, 3.8) is 0 Å². The van der Waals surface area contributed by atoms with Crippen LogP contribution in [0.3, 0.4) is 0 Å². The fourth-order valence-corrected chi connectivity index (χ4v) is 0.930. The molecule has 0 amide bonds. The van der Waals surface area contributed by atoms with E-state index < -0.39 is 0 Å². The van der Waals surface area contributed by atoms with E-state index in [-0.39, 0.29) is 11.5 Å². The van der Waals surface area contributed by atoms with Gasteiger partial charge in [-0.15, -0.1) is 0 Å². The minimum absolute atomic E-state index is 0.147. The van der Waals surface area contributed by atoms with Gasteiger partial charge in [-0.05, 0) is 30.8 Å². The van der Waals surface area contributed by atoms with Crippen LogP contribution in [0.25, 0.3) is 0 Å². The zero-order valence-corrected chi connectivity index (χ0v) is 6.57. The fraction of sp³-hybridized carbons (Fsp3) is 0.111. The van der Waals surface area contributed by atoms with Gasteiger partial charge >= 0.3 is 0 Å². The molecule has 3 nitrogen and oxygen atoms in total. The van der Waals surface area contributed by atoms with Gasteiger partial charge in [0.1, 0.15) is 11.5 Å². The van der Waals surface area contributed by atoms with Gasteiger partial charge in [-0.2, -0.15) is 0 Å². The van der Waals surface area contributed by atoms with Gasteiger partial charge in [-0.25, -0.2) is 0 Å². The van der Waals surface area contributed by atoms with Gasteiger partial charge in [0.05, 0.1) is 0 Å². The summed E-state index contributed by atoms with van der Waals surface area (Å²) in [7, 11) is 0. The molecular formula is C9H11NO2. The van der Waals surface area contributed by atoms with Gasteiger partial charge in [0, 0.05) is 5.56 Å². The van der Waals surface area contributed by atoms with Crippen molar-refractivity contribution in [1.82, 2.24) is 0 Å². The first-order chi connectivity index (χ1) is 5.74. The van der Waals surface area contributed by atoms with Crippen LogP contribution >= 0.6 is 0 Å². The predicted molar refractivity (Wildman–Crippen MR) is 46.8 cm³/mol. The van der Waals surface area contributed by atoms with Crippen LogP contribution in [0.15, 0.2) is 30.5 Å². The minimum Gasteiger partial charge on any atom is -0.508 e. The van der Waals surface area contributed by atoms with Crippen LogP contribution in [0, 0.1) is 0 Å². The maximum Gasteiger partial charge on any atom is 0.119 e. The lowest BCUT2D eigenvalue weighted by molar-refractivity contribution is 0.455. The number of aromatic hydroxyl groups is 2. The van der Waals surface area contributed by atoms with Crippen molar-refractivity contribution in [3.8, 4) is 11.5 Å². The fourth-order valence-electron chi connectivity index (χ4n) is 0.930. The summed E-state index contributed by atoms with van der Waals surface area (Å²) in [5.41, 5.74) is 5.80. The van der Waals surface area contributed by atoms with Gasteiger partial charge in [-0.1, -0.05) is 6.08 Å². The minimum atomic E-state index is 0.147.